The van der Waals surface area contributed by atoms with E-state index in [2.05, 4.69) is 14.9 Å². The van der Waals surface area contributed by atoms with E-state index in [1.165, 1.54) is 19.3 Å². The third-order valence-electron chi connectivity index (χ3n) is 2.33. The van der Waals surface area contributed by atoms with Crippen LogP contribution in [0.2, 0.25) is 5.28 Å². The molecule has 0 spiro atoms. The minimum atomic E-state index is 0.320. The van der Waals surface area contributed by atoms with Crippen LogP contribution in [0.15, 0.2) is 12.4 Å². The third-order valence-corrected chi connectivity index (χ3v) is 2.52. The molecule has 1 fully saturated rings. The Bertz CT molecular complexity index is 267. The number of anilines is 1. The highest BCUT2D eigenvalue weighted by molar-refractivity contribution is 6.28. The van der Waals surface area contributed by atoms with Crippen LogP contribution in [0.25, 0.3) is 0 Å². The maximum atomic E-state index is 5.61. The van der Waals surface area contributed by atoms with E-state index in [9.17, 15) is 0 Å². The first-order valence-corrected chi connectivity index (χ1v) is 4.96. The van der Waals surface area contributed by atoms with Gasteiger partial charge in [0, 0.05) is 13.1 Å². The number of aromatic nitrogens is 2. The standard InChI is InChI=1S/C9H12ClN3/c10-9-11-6-8(7-12-9)13-4-2-1-3-5-13/h6-7H,1-5H2. The molecular weight excluding hydrogens is 186 g/mol. The lowest BCUT2D eigenvalue weighted by Crippen LogP contribution is -2.29. The first-order chi connectivity index (χ1) is 6.36. The average molecular weight is 198 g/mol. The number of nitrogens with zero attached hydrogens (tertiary/aromatic N) is 3. The first kappa shape index (κ1) is 8.75. The van der Waals surface area contributed by atoms with Crippen molar-refractivity contribution in [3.63, 3.8) is 0 Å². The van der Waals surface area contributed by atoms with Gasteiger partial charge in [-0.2, -0.15) is 0 Å². The molecule has 0 aromatic carbocycles. The molecule has 0 unspecified atom stereocenters. The average Bonchev–Trinajstić information content (AvgIpc) is 2.20. The van der Waals surface area contributed by atoms with Gasteiger partial charge in [-0.25, -0.2) is 9.97 Å². The monoisotopic (exact) mass is 197 g/mol. The summed E-state index contributed by atoms with van der Waals surface area (Å²) < 4.78 is 0. The maximum absolute atomic E-state index is 5.61. The quantitative estimate of drug-likeness (QED) is 0.646. The molecule has 1 aromatic rings. The van der Waals surface area contributed by atoms with Crippen LogP contribution in [-0.2, 0) is 0 Å². The summed E-state index contributed by atoms with van der Waals surface area (Å²) in [6.07, 6.45) is 7.46. The molecule has 0 radical (unpaired) electrons. The molecule has 2 heterocycles. The minimum absolute atomic E-state index is 0.320. The molecule has 0 saturated carbocycles. The van der Waals surface area contributed by atoms with Gasteiger partial charge in [0.1, 0.15) is 0 Å². The molecule has 0 bridgehead atoms. The van der Waals surface area contributed by atoms with E-state index in [-0.39, 0.29) is 0 Å². The predicted octanol–water partition coefficient (Wildman–Crippen LogP) is 2.12. The summed E-state index contributed by atoms with van der Waals surface area (Å²) in [5.41, 5.74) is 1.09. The Hall–Kier alpha value is -0.830. The zero-order chi connectivity index (χ0) is 9.10. The van der Waals surface area contributed by atoms with E-state index in [4.69, 9.17) is 11.6 Å². The van der Waals surface area contributed by atoms with Crippen molar-refractivity contribution in [1.82, 2.24) is 9.97 Å². The van der Waals surface area contributed by atoms with Crippen LogP contribution < -0.4 is 4.90 Å². The van der Waals surface area contributed by atoms with Crippen LogP contribution >= 0.6 is 11.6 Å². The molecule has 1 aliphatic rings. The van der Waals surface area contributed by atoms with E-state index in [0.29, 0.717) is 5.28 Å². The number of piperidine rings is 1. The topological polar surface area (TPSA) is 29.0 Å². The van der Waals surface area contributed by atoms with E-state index in [0.717, 1.165) is 18.8 Å². The van der Waals surface area contributed by atoms with Gasteiger partial charge in [0.25, 0.3) is 0 Å². The fourth-order valence-corrected chi connectivity index (χ4v) is 1.72. The van der Waals surface area contributed by atoms with Crippen LogP contribution in [0.4, 0.5) is 5.69 Å². The Morgan fingerprint density at radius 2 is 1.69 bits per heavy atom. The molecule has 13 heavy (non-hydrogen) atoms. The fraction of sp³-hybridized carbons (Fsp3) is 0.556. The molecule has 1 saturated heterocycles. The van der Waals surface area contributed by atoms with Gasteiger partial charge >= 0.3 is 0 Å². The predicted molar refractivity (Wildman–Crippen MR) is 53.1 cm³/mol. The van der Waals surface area contributed by atoms with Crippen molar-refractivity contribution < 1.29 is 0 Å². The maximum Gasteiger partial charge on any atom is 0.222 e. The highest BCUT2D eigenvalue weighted by Gasteiger charge is 2.10. The number of rotatable bonds is 1. The van der Waals surface area contributed by atoms with Gasteiger partial charge in [0.2, 0.25) is 5.28 Å². The molecule has 0 amide bonds. The molecule has 0 aliphatic carbocycles. The van der Waals surface area contributed by atoms with Gasteiger partial charge in [-0.3, -0.25) is 0 Å². The van der Waals surface area contributed by atoms with Crippen LogP contribution in [0.5, 0.6) is 0 Å². The summed E-state index contributed by atoms with van der Waals surface area (Å²) in [6, 6.07) is 0. The Morgan fingerprint density at radius 1 is 1.08 bits per heavy atom. The Labute approximate surface area is 82.8 Å². The van der Waals surface area contributed by atoms with Crippen molar-refractivity contribution in [3.05, 3.63) is 17.7 Å². The second kappa shape index (κ2) is 3.92. The number of hydrogen-bond donors (Lipinski definition) is 0. The van der Waals surface area contributed by atoms with E-state index in [1.807, 2.05) is 0 Å². The number of halogens is 1. The lowest BCUT2D eigenvalue weighted by Gasteiger charge is -2.27. The summed E-state index contributed by atoms with van der Waals surface area (Å²) in [5, 5.41) is 0.320. The molecular formula is C9H12ClN3. The van der Waals surface area contributed by atoms with Crippen molar-refractivity contribution in [2.75, 3.05) is 18.0 Å². The zero-order valence-corrected chi connectivity index (χ0v) is 8.17. The molecule has 4 heteroatoms. The minimum Gasteiger partial charge on any atom is -0.369 e. The highest BCUT2D eigenvalue weighted by Crippen LogP contribution is 2.18. The van der Waals surface area contributed by atoms with Gasteiger partial charge in [-0.05, 0) is 30.9 Å². The summed E-state index contributed by atoms with van der Waals surface area (Å²) in [4.78, 5) is 10.2. The molecule has 0 atom stereocenters. The summed E-state index contributed by atoms with van der Waals surface area (Å²) >= 11 is 5.61. The van der Waals surface area contributed by atoms with Crippen LogP contribution in [0, 0.1) is 0 Å². The van der Waals surface area contributed by atoms with Gasteiger partial charge < -0.3 is 4.90 Å². The van der Waals surface area contributed by atoms with Gasteiger partial charge in [0.05, 0.1) is 18.1 Å². The van der Waals surface area contributed by atoms with Crippen molar-refractivity contribution in [2.45, 2.75) is 19.3 Å². The molecule has 70 valence electrons. The van der Waals surface area contributed by atoms with Crippen LogP contribution in [0.3, 0.4) is 0 Å². The molecule has 1 aliphatic heterocycles. The van der Waals surface area contributed by atoms with Crippen LogP contribution in [-0.4, -0.2) is 23.1 Å². The molecule has 3 nitrogen and oxygen atoms in total. The Balaban J connectivity index is 2.10. The largest absolute Gasteiger partial charge is 0.369 e. The normalized spacial score (nSPS) is 17.5. The summed E-state index contributed by atoms with van der Waals surface area (Å²) in [7, 11) is 0. The molecule has 2 rings (SSSR count). The van der Waals surface area contributed by atoms with Gasteiger partial charge in [-0.1, -0.05) is 0 Å². The van der Waals surface area contributed by atoms with E-state index < -0.39 is 0 Å². The zero-order valence-electron chi connectivity index (χ0n) is 7.41. The first-order valence-electron chi connectivity index (χ1n) is 4.59. The SMILES string of the molecule is Clc1ncc(N2CCCCC2)cn1. The summed E-state index contributed by atoms with van der Waals surface area (Å²) in [5.74, 6) is 0. The molecule has 0 N–H and O–H groups in total. The van der Waals surface area contributed by atoms with Crippen molar-refractivity contribution in [3.8, 4) is 0 Å². The van der Waals surface area contributed by atoms with Gasteiger partial charge in [-0.15, -0.1) is 0 Å². The molecule has 1 aromatic heterocycles. The summed E-state index contributed by atoms with van der Waals surface area (Å²) in [6.45, 7) is 2.23. The third kappa shape index (κ3) is 2.10. The Morgan fingerprint density at radius 3 is 2.31 bits per heavy atom. The highest BCUT2D eigenvalue weighted by atomic mass is 35.5. The lowest BCUT2D eigenvalue weighted by molar-refractivity contribution is 0.576. The number of hydrogen-bond acceptors (Lipinski definition) is 3. The van der Waals surface area contributed by atoms with Crippen molar-refractivity contribution >= 4 is 17.3 Å². The van der Waals surface area contributed by atoms with Crippen molar-refractivity contribution in [1.29, 1.82) is 0 Å². The van der Waals surface area contributed by atoms with Gasteiger partial charge in [0.15, 0.2) is 0 Å². The lowest BCUT2D eigenvalue weighted by atomic mass is 10.1. The van der Waals surface area contributed by atoms with E-state index >= 15 is 0 Å². The smallest absolute Gasteiger partial charge is 0.222 e. The second-order valence-corrected chi connectivity index (χ2v) is 3.60. The fourth-order valence-electron chi connectivity index (χ4n) is 1.62. The van der Waals surface area contributed by atoms with Crippen LogP contribution in [0.1, 0.15) is 19.3 Å². The van der Waals surface area contributed by atoms with E-state index in [1.54, 1.807) is 12.4 Å². The Kier molecular flexibility index (Phi) is 2.64. The second-order valence-electron chi connectivity index (χ2n) is 3.26. The van der Waals surface area contributed by atoms with Crippen molar-refractivity contribution in [2.24, 2.45) is 0 Å².